The van der Waals surface area contributed by atoms with Crippen LogP contribution in [0.5, 0.6) is 0 Å². The van der Waals surface area contributed by atoms with E-state index in [4.69, 9.17) is 14.5 Å². The van der Waals surface area contributed by atoms with Crippen LogP contribution >= 0.6 is 45.7 Å². The fourth-order valence-electron chi connectivity index (χ4n) is 7.25. The number of hydrogen-bond acceptors (Lipinski definition) is 9. The summed E-state index contributed by atoms with van der Waals surface area (Å²) in [5.41, 5.74) is 7.47. The van der Waals surface area contributed by atoms with Crippen LogP contribution in [0.15, 0.2) is 100 Å². The lowest BCUT2D eigenvalue weighted by atomic mass is 9.77. The first kappa shape index (κ1) is 39.2. The molecule has 0 bridgehead atoms. The van der Waals surface area contributed by atoms with Crippen LogP contribution in [-0.4, -0.2) is 64.5 Å². The Hall–Kier alpha value is -3.49. The number of allylic oxidation sites excluding steroid dienone is 6. The van der Waals surface area contributed by atoms with Gasteiger partial charge in [0.25, 0.3) is 0 Å². The molecule has 2 aromatic carbocycles. The molecular formula is C42H46IN2O6S2+. The number of rotatable bonds is 15. The van der Waals surface area contributed by atoms with Crippen LogP contribution in [0.25, 0.3) is 10.4 Å². The van der Waals surface area contributed by atoms with Gasteiger partial charge in [0.15, 0.2) is 5.71 Å². The van der Waals surface area contributed by atoms with Crippen molar-refractivity contribution < 1.29 is 33.8 Å². The first-order valence-electron chi connectivity index (χ1n) is 17.8. The maximum atomic E-state index is 14.1. The van der Waals surface area contributed by atoms with Gasteiger partial charge >= 0.3 is 5.97 Å². The number of fused-ring (bicyclic) bond motifs is 2. The van der Waals surface area contributed by atoms with Crippen LogP contribution in [0.2, 0.25) is 0 Å². The van der Waals surface area contributed by atoms with E-state index < -0.39 is 10.8 Å². The number of Topliss-reactive ketones (excluding diaryl/α,β-unsaturated/α-hetero) is 1. The molecule has 1 aromatic heterocycles. The average Bonchev–Trinajstić information content (AvgIpc) is 3.80. The van der Waals surface area contributed by atoms with Crippen molar-refractivity contribution >= 4 is 74.5 Å². The summed E-state index contributed by atoms with van der Waals surface area (Å²) in [6, 6.07) is 16.9. The Labute approximate surface area is 334 Å². The van der Waals surface area contributed by atoms with Crippen molar-refractivity contribution in [1.29, 1.82) is 0 Å². The molecule has 0 atom stereocenters. The van der Waals surface area contributed by atoms with Crippen LogP contribution in [0.4, 0.5) is 11.4 Å². The second kappa shape index (κ2) is 16.5. The zero-order valence-corrected chi connectivity index (χ0v) is 34.8. The molecule has 1 aliphatic carbocycles. The van der Waals surface area contributed by atoms with Crippen molar-refractivity contribution in [3.05, 3.63) is 117 Å². The van der Waals surface area contributed by atoms with Crippen LogP contribution in [0, 0.1) is 0 Å². The van der Waals surface area contributed by atoms with E-state index in [1.807, 2.05) is 29.7 Å². The Bertz CT molecular complexity index is 2060. The second-order valence-corrected chi connectivity index (χ2v) is 16.7. The molecule has 8 nitrogen and oxygen atoms in total. The minimum Gasteiger partial charge on any atom is -0.506 e. The van der Waals surface area contributed by atoms with Crippen molar-refractivity contribution in [2.24, 2.45) is 0 Å². The molecule has 0 spiro atoms. The van der Waals surface area contributed by atoms with Gasteiger partial charge in [-0.05, 0) is 85.5 Å². The number of thiophene rings is 1. The van der Waals surface area contributed by atoms with Crippen molar-refractivity contribution in [3.63, 3.8) is 0 Å². The van der Waals surface area contributed by atoms with E-state index in [0.717, 1.165) is 49.7 Å². The molecule has 6 rings (SSSR count). The number of hydrogen-bond donors (Lipinski definition) is 1. The predicted molar refractivity (Wildman–Crippen MR) is 224 cm³/mol. The number of benzene rings is 2. The summed E-state index contributed by atoms with van der Waals surface area (Å²) in [5.74, 6) is 0.142. The molecule has 3 heterocycles. The summed E-state index contributed by atoms with van der Waals surface area (Å²) in [6.45, 7) is 13.6. The second-order valence-electron chi connectivity index (χ2n) is 14.0. The quantitative estimate of drug-likeness (QED) is 0.0237. The molecule has 11 heteroatoms. The Kier molecular flexibility index (Phi) is 12.2. The molecule has 3 aromatic rings. The first-order chi connectivity index (χ1) is 25.4. The number of halogens is 1. The maximum absolute atomic E-state index is 14.1. The normalized spacial score (nSPS) is 18.8. The molecule has 1 N–H and O–H groups in total. The highest BCUT2D eigenvalue weighted by molar-refractivity contribution is 14.1. The van der Waals surface area contributed by atoms with Crippen LogP contribution in [0.1, 0.15) is 58.2 Å². The van der Waals surface area contributed by atoms with Crippen molar-refractivity contribution in [1.82, 2.24) is 0 Å². The zero-order valence-electron chi connectivity index (χ0n) is 31.0. The minimum atomic E-state index is -0.560. The summed E-state index contributed by atoms with van der Waals surface area (Å²) in [6.07, 6.45) is 5.71. The molecule has 2 aliphatic heterocycles. The van der Waals surface area contributed by atoms with Crippen molar-refractivity contribution in [2.45, 2.75) is 58.1 Å². The SMILES string of the molecule is CCOOCCN1C(=CC2=C(O)C(=CC3=[N+](CC(=O)OCC)c4ccc(CS/C=C\CI)cc4C3(C)C)C2=O)C(C)(C)c2cc(-c3cccs3)ccc21. The van der Waals surface area contributed by atoms with Gasteiger partial charge in [-0.15, -0.1) is 23.1 Å². The summed E-state index contributed by atoms with van der Waals surface area (Å²) in [7, 11) is 0. The van der Waals surface area contributed by atoms with E-state index in [0.29, 0.717) is 19.8 Å². The number of alkyl halides is 1. The third kappa shape index (κ3) is 7.73. The number of aliphatic hydroxyl groups is 1. The summed E-state index contributed by atoms with van der Waals surface area (Å²) < 4.78 is 8.24. The van der Waals surface area contributed by atoms with Gasteiger partial charge in [-0.3, -0.25) is 4.79 Å². The highest BCUT2D eigenvalue weighted by Crippen LogP contribution is 2.50. The van der Waals surface area contributed by atoms with E-state index in [9.17, 15) is 14.7 Å². The molecule has 3 aliphatic rings. The van der Waals surface area contributed by atoms with E-state index >= 15 is 0 Å². The Morgan fingerprint density at radius 2 is 1.83 bits per heavy atom. The van der Waals surface area contributed by atoms with Gasteiger partial charge in [-0.25, -0.2) is 14.6 Å². The number of aliphatic hydroxyl groups excluding tert-OH is 1. The largest absolute Gasteiger partial charge is 0.506 e. The number of ether oxygens (including phenoxy) is 1. The van der Waals surface area contributed by atoms with Crippen molar-refractivity contribution in [3.8, 4) is 10.4 Å². The number of nitrogens with zero attached hydrogens (tertiary/aromatic N) is 2. The van der Waals surface area contributed by atoms with Gasteiger partial charge < -0.3 is 14.7 Å². The van der Waals surface area contributed by atoms with Gasteiger partial charge in [0.2, 0.25) is 18.0 Å². The lowest BCUT2D eigenvalue weighted by molar-refractivity contribution is -0.428. The lowest BCUT2D eigenvalue weighted by Crippen LogP contribution is -2.33. The third-order valence-corrected chi connectivity index (χ3v) is 12.3. The fourth-order valence-corrected chi connectivity index (χ4v) is 9.28. The monoisotopic (exact) mass is 865 g/mol. The van der Waals surface area contributed by atoms with E-state index in [1.165, 1.54) is 10.4 Å². The smallest absolute Gasteiger partial charge is 0.372 e. The summed E-state index contributed by atoms with van der Waals surface area (Å²) in [4.78, 5) is 40.9. The summed E-state index contributed by atoms with van der Waals surface area (Å²) >= 11 is 5.76. The maximum Gasteiger partial charge on any atom is 0.372 e. The molecule has 0 saturated carbocycles. The fraction of sp³-hybridized carbons (Fsp3) is 0.357. The summed E-state index contributed by atoms with van der Waals surface area (Å²) in [5, 5.41) is 15.8. The number of ketones is 1. The van der Waals surface area contributed by atoms with E-state index in [2.05, 4.69) is 108 Å². The van der Waals surface area contributed by atoms with Gasteiger partial charge in [0.05, 0.1) is 29.8 Å². The molecule has 278 valence electrons. The highest BCUT2D eigenvalue weighted by Gasteiger charge is 2.48. The minimum absolute atomic E-state index is 0.00978. The molecule has 0 unspecified atom stereocenters. The molecule has 0 fully saturated rings. The van der Waals surface area contributed by atoms with Gasteiger partial charge in [0, 0.05) is 56.1 Å². The van der Waals surface area contributed by atoms with Crippen LogP contribution in [0.3, 0.4) is 0 Å². The predicted octanol–water partition coefficient (Wildman–Crippen LogP) is 9.51. The van der Waals surface area contributed by atoms with Crippen LogP contribution < -0.4 is 4.90 Å². The molecule has 53 heavy (non-hydrogen) atoms. The lowest BCUT2D eigenvalue weighted by Gasteiger charge is -2.29. The number of anilines is 1. The number of esters is 1. The van der Waals surface area contributed by atoms with Crippen LogP contribution in [-0.2, 0) is 40.7 Å². The molecule has 0 radical (unpaired) electrons. The number of carbonyl (C=O) groups excluding carboxylic acids is 2. The Morgan fingerprint density at radius 3 is 2.53 bits per heavy atom. The van der Waals surface area contributed by atoms with Gasteiger partial charge in [0.1, 0.15) is 12.4 Å². The first-order valence-corrected chi connectivity index (χ1v) is 21.3. The van der Waals surface area contributed by atoms with E-state index in [1.54, 1.807) is 36.1 Å². The number of carbonyl (C=O) groups is 2. The Balaban J connectivity index is 1.38. The van der Waals surface area contributed by atoms with Gasteiger partial charge in [-0.1, -0.05) is 60.7 Å². The standard InChI is InChI=1S/C42H45IN2O6S2/c1-7-49-38(46)25-45-34-14-12-27(26-52-19-10-16-43)21-31(34)41(3,4)37(45)24-30-39(47)29(40(30)48)23-36-42(5,6)32-22-28(35-11-9-20-53-35)13-15-33(32)44(36)17-18-51-50-8-2/h9-15,19-24H,7-8,16-18,25-26H2,1-6H3/p+1/b19-10-. The van der Waals surface area contributed by atoms with Crippen molar-refractivity contribution in [2.75, 3.05) is 42.2 Å². The van der Waals surface area contributed by atoms with E-state index in [-0.39, 0.29) is 41.8 Å². The van der Waals surface area contributed by atoms with Gasteiger partial charge in [-0.2, -0.15) is 4.58 Å². The highest BCUT2D eigenvalue weighted by atomic mass is 127. The molecular weight excluding hydrogens is 820 g/mol. The average molecular weight is 866 g/mol. The third-order valence-electron chi connectivity index (χ3n) is 9.94. The Morgan fingerprint density at radius 1 is 1.02 bits per heavy atom. The molecule has 0 saturated heterocycles. The molecule has 0 amide bonds. The zero-order chi connectivity index (χ0) is 37.9. The topological polar surface area (TPSA) is 88.3 Å². The number of thioether (sulfide) groups is 1.